The van der Waals surface area contributed by atoms with Crippen molar-refractivity contribution in [1.82, 2.24) is 9.88 Å². The molecule has 1 aliphatic carbocycles. The van der Waals surface area contributed by atoms with Crippen molar-refractivity contribution in [3.63, 3.8) is 0 Å². The standard InChI is InChI=1S/C29H31Cl2N3O7/c1-3-40-17-8-5-7-16(13-17)21(14-24(35)36)32-29(39)33-26-27(37)18-9-6-10-22(18)34(28(26)38)15-19-23(41-4-2)12-11-20(30)25(19)31/h5,7-8,11-13,21,37H,3-4,6,9-10,14-15H2,1-2H3,(H,35,36)(H2,32,33,39)/t21-/m0/s1. The van der Waals surface area contributed by atoms with E-state index in [1.807, 2.05) is 13.8 Å². The molecule has 1 aliphatic rings. The van der Waals surface area contributed by atoms with E-state index < -0.39 is 30.0 Å². The number of carboxylic acid groups (broad SMARTS) is 1. The molecule has 0 unspecified atom stereocenters. The summed E-state index contributed by atoms with van der Waals surface area (Å²) in [4.78, 5) is 38.5. The van der Waals surface area contributed by atoms with Crippen molar-refractivity contribution in [3.05, 3.63) is 79.2 Å². The number of pyridine rings is 1. The number of aromatic nitrogens is 1. The van der Waals surface area contributed by atoms with Crippen LogP contribution in [-0.2, 0) is 24.2 Å². The number of halogens is 2. The summed E-state index contributed by atoms with van der Waals surface area (Å²) < 4.78 is 12.7. The van der Waals surface area contributed by atoms with E-state index in [0.29, 0.717) is 71.4 Å². The molecule has 0 saturated heterocycles. The van der Waals surface area contributed by atoms with Crippen molar-refractivity contribution < 1.29 is 29.3 Å². The van der Waals surface area contributed by atoms with Crippen LogP contribution in [0.2, 0.25) is 10.0 Å². The molecule has 1 atom stereocenters. The number of rotatable bonds is 11. The summed E-state index contributed by atoms with van der Waals surface area (Å²) >= 11 is 12.8. The third-order valence-corrected chi connectivity index (χ3v) is 7.60. The number of urea groups is 1. The topological polar surface area (TPSA) is 139 Å². The first kappa shape index (κ1) is 30.1. The molecule has 4 rings (SSSR count). The summed E-state index contributed by atoms with van der Waals surface area (Å²) in [7, 11) is 0. The molecule has 0 fully saturated rings. The van der Waals surface area contributed by atoms with Crippen LogP contribution in [0.1, 0.15) is 55.1 Å². The van der Waals surface area contributed by atoms with Gasteiger partial charge in [0, 0.05) is 16.8 Å². The number of carbonyl (C=O) groups excluding carboxylic acids is 1. The van der Waals surface area contributed by atoms with Gasteiger partial charge in [0.15, 0.2) is 5.69 Å². The van der Waals surface area contributed by atoms with Crippen LogP contribution >= 0.6 is 23.2 Å². The lowest BCUT2D eigenvalue weighted by atomic mass is 10.0. The highest BCUT2D eigenvalue weighted by molar-refractivity contribution is 6.42. The van der Waals surface area contributed by atoms with E-state index in [4.69, 9.17) is 32.7 Å². The van der Waals surface area contributed by atoms with Gasteiger partial charge in [0.1, 0.15) is 17.2 Å². The van der Waals surface area contributed by atoms with Crippen LogP contribution in [0.3, 0.4) is 0 Å². The fourth-order valence-corrected chi connectivity index (χ4v) is 5.36. The largest absolute Gasteiger partial charge is 0.505 e. The maximum atomic E-state index is 13.7. The highest BCUT2D eigenvalue weighted by Crippen LogP contribution is 2.37. The third kappa shape index (κ3) is 6.71. The second-order valence-electron chi connectivity index (χ2n) is 9.42. The number of carbonyl (C=O) groups is 2. The number of aromatic hydroxyl groups is 1. The molecule has 4 N–H and O–H groups in total. The molecule has 10 nitrogen and oxygen atoms in total. The number of aliphatic carboxylic acids is 1. The molecule has 1 aromatic heterocycles. The fraction of sp³-hybridized carbons (Fsp3) is 0.345. The predicted molar refractivity (Wildman–Crippen MR) is 156 cm³/mol. The Kier molecular flexibility index (Phi) is 9.67. The lowest BCUT2D eigenvalue weighted by molar-refractivity contribution is -0.137. The smallest absolute Gasteiger partial charge is 0.319 e. The molecule has 41 heavy (non-hydrogen) atoms. The number of benzene rings is 2. The highest BCUT2D eigenvalue weighted by atomic mass is 35.5. The average Bonchev–Trinajstić information content (AvgIpc) is 3.42. The minimum absolute atomic E-state index is 0.00165. The minimum Gasteiger partial charge on any atom is -0.505 e. The number of nitrogens with one attached hydrogen (secondary N) is 2. The molecular weight excluding hydrogens is 573 g/mol. The second kappa shape index (κ2) is 13.2. The maximum Gasteiger partial charge on any atom is 0.319 e. The van der Waals surface area contributed by atoms with E-state index in [-0.39, 0.29) is 23.0 Å². The molecule has 2 aromatic carbocycles. The van der Waals surface area contributed by atoms with Crippen molar-refractivity contribution >= 4 is 40.9 Å². The van der Waals surface area contributed by atoms with E-state index in [0.717, 1.165) is 0 Å². The van der Waals surface area contributed by atoms with Gasteiger partial charge in [-0.25, -0.2) is 4.79 Å². The van der Waals surface area contributed by atoms with Gasteiger partial charge in [-0.15, -0.1) is 0 Å². The summed E-state index contributed by atoms with van der Waals surface area (Å²) in [6, 6.07) is 8.21. The van der Waals surface area contributed by atoms with Crippen LogP contribution in [0.5, 0.6) is 17.2 Å². The zero-order valence-electron chi connectivity index (χ0n) is 22.6. The molecule has 218 valence electrons. The van der Waals surface area contributed by atoms with E-state index in [2.05, 4.69) is 10.6 Å². The lowest BCUT2D eigenvalue weighted by Crippen LogP contribution is -2.37. The van der Waals surface area contributed by atoms with E-state index in [9.17, 15) is 24.6 Å². The summed E-state index contributed by atoms with van der Waals surface area (Å²) in [5, 5.41) is 26.1. The maximum absolute atomic E-state index is 13.7. The fourth-order valence-electron chi connectivity index (χ4n) is 4.96. The first-order valence-electron chi connectivity index (χ1n) is 13.2. The van der Waals surface area contributed by atoms with Crippen LogP contribution in [0.25, 0.3) is 0 Å². The van der Waals surface area contributed by atoms with E-state index >= 15 is 0 Å². The molecule has 1 heterocycles. The Balaban J connectivity index is 1.69. The zero-order valence-corrected chi connectivity index (χ0v) is 24.1. The number of anilines is 1. The molecule has 3 aromatic rings. The van der Waals surface area contributed by atoms with Crippen LogP contribution < -0.4 is 25.7 Å². The first-order valence-corrected chi connectivity index (χ1v) is 14.0. The molecule has 0 spiro atoms. The summed E-state index contributed by atoms with van der Waals surface area (Å²) in [5.41, 5.74) is 1.20. The van der Waals surface area contributed by atoms with Gasteiger partial charge in [0.05, 0.1) is 42.3 Å². The van der Waals surface area contributed by atoms with Gasteiger partial charge in [0.25, 0.3) is 5.56 Å². The molecular formula is C29H31Cl2N3O7. The van der Waals surface area contributed by atoms with Crippen LogP contribution in [0.15, 0.2) is 41.2 Å². The predicted octanol–water partition coefficient (Wildman–Crippen LogP) is 5.53. The van der Waals surface area contributed by atoms with Crippen molar-refractivity contribution in [2.24, 2.45) is 0 Å². The van der Waals surface area contributed by atoms with E-state index in [1.165, 1.54) is 4.57 Å². The molecule has 0 radical (unpaired) electrons. The second-order valence-corrected chi connectivity index (χ2v) is 10.2. The zero-order chi connectivity index (χ0) is 29.7. The lowest BCUT2D eigenvalue weighted by Gasteiger charge is -2.21. The Labute approximate surface area is 246 Å². The number of nitrogens with zero attached hydrogens (tertiary/aromatic N) is 1. The Morgan fingerprint density at radius 2 is 1.85 bits per heavy atom. The minimum atomic E-state index is -1.14. The van der Waals surface area contributed by atoms with Gasteiger partial charge in [-0.2, -0.15) is 0 Å². The number of carboxylic acids is 1. The van der Waals surface area contributed by atoms with Crippen LogP contribution in [-0.4, -0.2) is 40.0 Å². The molecule has 12 heteroatoms. The van der Waals surface area contributed by atoms with Crippen LogP contribution in [0.4, 0.5) is 10.5 Å². The monoisotopic (exact) mass is 603 g/mol. The van der Waals surface area contributed by atoms with Gasteiger partial charge >= 0.3 is 12.0 Å². The van der Waals surface area contributed by atoms with Gasteiger partial charge in [-0.1, -0.05) is 35.3 Å². The Bertz CT molecular complexity index is 1520. The molecule has 0 saturated carbocycles. The van der Waals surface area contributed by atoms with Crippen molar-refractivity contribution in [1.29, 1.82) is 0 Å². The van der Waals surface area contributed by atoms with Crippen LogP contribution in [0, 0.1) is 0 Å². The van der Waals surface area contributed by atoms with Gasteiger partial charge in [-0.05, 0) is 62.9 Å². The summed E-state index contributed by atoms with van der Waals surface area (Å²) in [5.74, 6) is -0.466. The van der Waals surface area contributed by atoms with Gasteiger partial charge in [0.2, 0.25) is 0 Å². The van der Waals surface area contributed by atoms with Crippen molar-refractivity contribution in [2.45, 2.75) is 52.1 Å². The highest BCUT2D eigenvalue weighted by Gasteiger charge is 2.28. The molecule has 2 amide bonds. The number of amides is 2. The number of hydrogen-bond acceptors (Lipinski definition) is 6. The van der Waals surface area contributed by atoms with E-state index in [1.54, 1.807) is 36.4 Å². The number of fused-ring (bicyclic) bond motifs is 1. The average molecular weight is 604 g/mol. The van der Waals surface area contributed by atoms with Gasteiger partial charge < -0.3 is 34.9 Å². The quantitative estimate of drug-likeness (QED) is 0.226. The summed E-state index contributed by atoms with van der Waals surface area (Å²) in [6.45, 7) is 4.42. The summed E-state index contributed by atoms with van der Waals surface area (Å²) in [6.07, 6.45) is 1.34. The van der Waals surface area contributed by atoms with Gasteiger partial charge in [-0.3, -0.25) is 9.59 Å². The Morgan fingerprint density at radius 3 is 2.56 bits per heavy atom. The van der Waals surface area contributed by atoms with Crippen molar-refractivity contribution in [2.75, 3.05) is 18.5 Å². The SMILES string of the molecule is CCOc1cccc([C@H](CC(=O)O)NC(=O)Nc2c(O)c3c(n(Cc4c(OCC)ccc(Cl)c4Cl)c2=O)CCC3)c1. The first-order chi connectivity index (χ1) is 19.6. The normalized spacial score (nSPS) is 12.9. The number of hydrogen-bond donors (Lipinski definition) is 4. The third-order valence-electron chi connectivity index (χ3n) is 6.76. The van der Waals surface area contributed by atoms with Crippen molar-refractivity contribution in [3.8, 4) is 17.2 Å². The molecule has 0 bridgehead atoms. The Hall–Kier alpha value is -3.89. The Morgan fingerprint density at radius 1 is 1.10 bits per heavy atom. The molecule has 0 aliphatic heterocycles. The number of ether oxygens (including phenoxy) is 2.